The number of para-hydroxylation sites is 1. The second-order valence-electron chi connectivity index (χ2n) is 4.26. The van der Waals surface area contributed by atoms with Crippen LogP contribution in [0.2, 0.25) is 0 Å². The summed E-state index contributed by atoms with van der Waals surface area (Å²) in [6.45, 7) is 3.97. The molecule has 0 aromatic heterocycles. The Morgan fingerprint density at radius 2 is 2.00 bits per heavy atom. The Kier molecular flexibility index (Phi) is 3.28. The molecule has 0 spiro atoms. The Labute approximate surface area is 98.4 Å². The molecule has 1 fully saturated rings. The second-order valence-corrected chi connectivity index (χ2v) is 4.26. The first-order chi connectivity index (χ1) is 8.00. The highest BCUT2D eigenvalue weighted by Gasteiger charge is 2.35. The SMILES string of the molecule is CC1CNCCN1c1ccccc1C(F)(F)F. The average Bonchev–Trinajstić information content (AvgIpc) is 2.28. The van der Waals surface area contributed by atoms with Crippen LogP contribution in [0, 0.1) is 0 Å². The molecule has 1 aliphatic heterocycles. The number of piperazine rings is 1. The van der Waals surface area contributed by atoms with E-state index in [0.717, 1.165) is 12.6 Å². The van der Waals surface area contributed by atoms with E-state index in [0.29, 0.717) is 13.1 Å². The van der Waals surface area contributed by atoms with Crippen LogP contribution in [-0.4, -0.2) is 25.7 Å². The van der Waals surface area contributed by atoms with Gasteiger partial charge in [0.2, 0.25) is 0 Å². The number of hydrogen-bond acceptors (Lipinski definition) is 2. The standard InChI is InChI=1S/C12H15F3N2/c1-9-8-16-6-7-17(9)11-5-3-2-4-10(11)12(13,14)15/h2-5,9,16H,6-8H2,1H3. The Morgan fingerprint density at radius 3 is 2.65 bits per heavy atom. The van der Waals surface area contributed by atoms with Gasteiger partial charge in [0, 0.05) is 31.4 Å². The number of halogens is 3. The van der Waals surface area contributed by atoms with Gasteiger partial charge in [0.15, 0.2) is 0 Å². The molecule has 0 aliphatic carbocycles. The van der Waals surface area contributed by atoms with Gasteiger partial charge in [-0.1, -0.05) is 12.1 Å². The van der Waals surface area contributed by atoms with Gasteiger partial charge in [0.05, 0.1) is 5.56 Å². The van der Waals surface area contributed by atoms with Crippen molar-refractivity contribution in [2.45, 2.75) is 19.1 Å². The fourth-order valence-electron chi connectivity index (χ4n) is 2.16. The minimum atomic E-state index is -4.29. The molecule has 94 valence electrons. The largest absolute Gasteiger partial charge is 0.418 e. The number of rotatable bonds is 1. The van der Waals surface area contributed by atoms with Crippen molar-refractivity contribution in [1.82, 2.24) is 5.32 Å². The molecular formula is C12H15F3N2. The molecule has 1 aromatic rings. The molecule has 1 heterocycles. The third-order valence-electron chi connectivity index (χ3n) is 3.02. The number of alkyl halides is 3. The van der Waals surface area contributed by atoms with Gasteiger partial charge in [-0.3, -0.25) is 0 Å². The van der Waals surface area contributed by atoms with Crippen molar-refractivity contribution >= 4 is 5.69 Å². The lowest BCUT2D eigenvalue weighted by Crippen LogP contribution is -2.50. The number of hydrogen-bond donors (Lipinski definition) is 1. The summed E-state index contributed by atoms with van der Waals surface area (Å²) >= 11 is 0. The van der Waals surface area contributed by atoms with Crippen LogP contribution < -0.4 is 10.2 Å². The normalized spacial score (nSPS) is 21.6. The van der Waals surface area contributed by atoms with Crippen molar-refractivity contribution < 1.29 is 13.2 Å². The average molecular weight is 244 g/mol. The van der Waals surface area contributed by atoms with Crippen LogP contribution in [0.25, 0.3) is 0 Å². The maximum absolute atomic E-state index is 12.9. The third-order valence-corrected chi connectivity index (χ3v) is 3.02. The fourth-order valence-corrected chi connectivity index (χ4v) is 2.16. The lowest BCUT2D eigenvalue weighted by molar-refractivity contribution is -0.137. The smallest absolute Gasteiger partial charge is 0.366 e. The highest BCUT2D eigenvalue weighted by atomic mass is 19.4. The molecule has 0 saturated carbocycles. The zero-order chi connectivity index (χ0) is 12.5. The topological polar surface area (TPSA) is 15.3 Å². The molecule has 1 aromatic carbocycles. The minimum absolute atomic E-state index is 0.0762. The number of anilines is 1. The van der Waals surface area contributed by atoms with Crippen LogP contribution in [0.5, 0.6) is 0 Å². The summed E-state index contributed by atoms with van der Waals surface area (Å²) in [5, 5.41) is 3.17. The van der Waals surface area contributed by atoms with Gasteiger partial charge in [-0.05, 0) is 19.1 Å². The van der Waals surface area contributed by atoms with Crippen LogP contribution in [0.15, 0.2) is 24.3 Å². The van der Waals surface area contributed by atoms with Crippen LogP contribution in [0.3, 0.4) is 0 Å². The van der Waals surface area contributed by atoms with Crippen LogP contribution in [0.4, 0.5) is 18.9 Å². The van der Waals surface area contributed by atoms with Gasteiger partial charge in [-0.25, -0.2) is 0 Å². The second kappa shape index (κ2) is 4.56. The Bertz CT molecular complexity index is 390. The van der Waals surface area contributed by atoms with Gasteiger partial charge in [-0.2, -0.15) is 13.2 Å². The summed E-state index contributed by atoms with van der Waals surface area (Å²) in [5.41, 5.74) is -0.261. The van der Waals surface area contributed by atoms with E-state index in [1.807, 2.05) is 11.8 Å². The summed E-state index contributed by atoms with van der Waals surface area (Å²) in [6, 6.07) is 5.85. The predicted octanol–water partition coefficient (Wildman–Crippen LogP) is 2.50. The summed E-state index contributed by atoms with van der Waals surface area (Å²) < 4.78 is 38.7. The monoisotopic (exact) mass is 244 g/mol. The zero-order valence-electron chi connectivity index (χ0n) is 9.59. The van der Waals surface area contributed by atoms with Crippen molar-refractivity contribution in [2.75, 3.05) is 24.5 Å². The number of nitrogens with zero attached hydrogens (tertiary/aromatic N) is 1. The molecule has 2 nitrogen and oxygen atoms in total. The van der Waals surface area contributed by atoms with Crippen LogP contribution >= 0.6 is 0 Å². The van der Waals surface area contributed by atoms with E-state index in [1.54, 1.807) is 12.1 Å². The number of nitrogens with one attached hydrogen (secondary N) is 1. The zero-order valence-corrected chi connectivity index (χ0v) is 9.59. The predicted molar refractivity (Wildman–Crippen MR) is 61.1 cm³/mol. The van der Waals surface area contributed by atoms with E-state index in [9.17, 15) is 13.2 Å². The molecule has 1 saturated heterocycles. The Balaban J connectivity index is 2.37. The molecule has 1 unspecified atom stereocenters. The van der Waals surface area contributed by atoms with E-state index in [4.69, 9.17) is 0 Å². The number of benzene rings is 1. The van der Waals surface area contributed by atoms with Crippen molar-refractivity contribution in [2.24, 2.45) is 0 Å². The maximum Gasteiger partial charge on any atom is 0.418 e. The lowest BCUT2D eigenvalue weighted by atomic mass is 10.1. The van der Waals surface area contributed by atoms with Crippen LogP contribution in [-0.2, 0) is 6.18 Å². The van der Waals surface area contributed by atoms with Gasteiger partial charge >= 0.3 is 6.18 Å². The van der Waals surface area contributed by atoms with Gasteiger partial charge in [0.1, 0.15) is 0 Å². The van der Waals surface area contributed by atoms with Gasteiger partial charge in [0.25, 0.3) is 0 Å². The highest BCUT2D eigenvalue weighted by molar-refractivity contribution is 5.56. The third kappa shape index (κ3) is 2.54. The van der Waals surface area contributed by atoms with E-state index in [1.165, 1.54) is 6.07 Å². The molecule has 5 heteroatoms. The van der Waals surface area contributed by atoms with E-state index < -0.39 is 11.7 Å². The quantitative estimate of drug-likeness (QED) is 0.816. The highest BCUT2D eigenvalue weighted by Crippen LogP contribution is 2.37. The summed E-state index contributed by atoms with van der Waals surface area (Å²) in [4.78, 5) is 1.82. The van der Waals surface area contributed by atoms with Gasteiger partial charge < -0.3 is 10.2 Å². The Morgan fingerprint density at radius 1 is 1.29 bits per heavy atom. The Hall–Kier alpha value is -1.23. The van der Waals surface area contributed by atoms with Crippen LogP contribution in [0.1, 0.15) is 12.5 Å². The lowest BCUT2D eigenvalue weighted by Gasteiger charge is -2.37. The van der Waals surface area contributed by atoms with Gasteiger partial charge in [-0.15, -0.1) is 0 Å². The first-order valence-electron chi connectivity index (χ1n) is 5.64. The van der Waals surface area contributed by atoms with E-state index in [-0.39, 0.29) is 11.7 Å². The minimum Gasteiger partial charge on any atom is -0.366 e. The molecule has 0 bridgehead atoms. The molecule has 2 rings (SSSR count). The molecule has 1 N–H and O–H groups in total. The molecule has 17 heavy (non-hydrogen) atoms. The first kappa shape index (κ1) is 12.2. The molecular weight excluding hydrogens is 229 g/mol. The molecule has 1 aliphatic rings. The van der Waals surface area contributed by atoms with E-state index in [2.05, 4.69) is 5.32 Å². The summed E-state index contributed by atoms with van der Waals surface area (Å²) in [6.07, 6.45) is -4.29. The first-order valence-corrected chi connectivity index (χ1v) is 5.64. The summed E-state index contributed by atoms with van der Waals surface area (Å²) in [5.74, 6) is 0. The van der Waals surface area contributed by atoms with Crippen molar-refractivity contribution in [3.63, 3.8) is 0 Å². The van der Waals surface area contributed by atoms with E-state index >= 15 is 0 Å². The van der Waals surface area contributed by atoms with Crippen molar-refractivity contribution in [3.05, 3.63) is 29.8 Å². The summed E-state index contributed by atoms with van der Waals surface area (Å²) in [7, 11) is 0. The molecule has 0 amide bonds. The van der Waals surface area contributed by atoms with Crippen molar-refractivity contribution in [1.29, 1.82) is 0 Å². The fraction of sp³-hybridized carbons (Fsp3) is 0.500. The van der Waals surface area contributed by atoms with Crippen molar-refractivity contribution in [3.8, 4) is 0 Å². The maximum atomic E-state index is 12.9. The molecule has 0 radical (unpaired) electrons. The molecule has 1 atom stereocenters.